The summed E-state index contributed by atoms with van der Waals surface area (Å²) in [5.74, 6) is 2.59. The second-order valence-corrected chi connectivity index (χ2v) is 3.77. The van der Waals surface area contributed by atoms with E-state index in [9.17, 15) is 0 Å². The quantitative estimate of drug-likeness (QED) is 0.755. The Morgan fingerprint density at radius 1 is 1.36 bits per heavy atom. The zero-order valence-corrected chi connectivity index (χ0v) is 8.80. The van der Waals surface area contributed by atoms with Crippen LogP contribution in [-0.4, -0.2) is 6.04 Å². The highest BCUT2D eigenvalue weighted by molar-refractivity contribution is 6.30. The van der Waals surface area contributed by atoms with Crippen LogP contribution in [0.5, 0.6) is 0 Å². The van der Waals surface area contributed by atoms with Crippen molar-refractivity contribution in [1.82, 2.24) is 0 Å². The van der Waals surface area contributed by atoms with Gasteiger partial charge >= 0.3 is 0 Å². The third-order valence-corrected chi connectivity index (χ3v) is 2.32. The second kappa shape index (κ2) is 5.70. The first-order chi connectivity index (χ1) is 6.72. The van der Waals surface area contributed by atoms with Crippen LogP contribution in [0.1, 0.15) is 18.4 Å². The maximum Gasteiger partial charge on any atom is 0.0406 e. The summed E-state index contributed by atoms with van der Waals surface area (Å²) in [5, 5.41) is 0.756. The second-order valence-electron chi connectivity index (χ2n) is 3.33. The summed E-state index contributed by atoms with van der Waals surface area (Å²) in [5.41, 5.74) is 7.11. The molecule has 2 N–H and O–H groups in total. The lowest BCUT2D eigenvalue weighted by atomic mass is 10.0. The molecule has 0 aliphatic rings. The molecule has 1 aromatic rings. The summed E-state index contributed by atoms with van der Waals surface area (Å²) in [6, 6.07) is 7.90. The van der Waals surface area contributed by atoms with Gasteiger partial charge in [0.25, 0.3) is 0 Å². The SMILES string of the molecule is C#CCCC(N)Cc1ccc(Cl)cc1. The zero-order chi connectivity index (χ0) is 10.4. The molecule has 0 fully saturated rings. The maximum absolute atomic E-state index is 5.90. The topological polar surface area (TPSA) is 26.0 Å². The average molecular weight is 208 g/mol. The predicted molar refractivity (Wildman–Crippen MR) is 61.2 cm³/mol. The van der Waals surface area contributed by atoms with E-state index in [1.807, 2.05) is 24.3 Å². The lowest BCUT2D eigenvalue weighted by Gasteiger charge is -2.09. The molecule has 0 saturated heterocycles. The Bertz CT molecular complexity index is 310. The van der Waals surface area contributed by atoms with Gasteiger partial charge in [-0.05, 0) is 30.5 Å². The average Bonchev–Trinajstić information content (AvgIpc) is 2.18. The highest BCUT2D eigenvalue weighted by Gasteiger charge is 2.02. The van der Waals surface area contributed by atoms with Gasteiger partial charge in [0.1, 0.15) is 0 Å². The molecule has 1 unspecified atom stereocenters. The molecule has 0 aliphatic heterocycles. The van der Waals surface area contributed by atoms with E-state index in [1.165, 1.54) is 5.56 Å². The first-order valence-corrected chi connectivity index (χ1v) is 5.03. The molecule has 1 aromatic carbocycles. The van der Waals surface area contributed by atoms with Crippen molar-refractivity contribution in [3.05, 3.63) is 34.9 Å². The Morgan fingerprint density at radius 3 is 2.57 bits per heavy atom. The van der Waals surface area contributed by atoms with Crippen molar-refractivity contribution in [3.8, 4) is 12.3 Å². The van der Waals surface area contributed by atoms with Crippen LogP contribution in [0.25, 0.3) is 0 Å². The van der Waals surface area contributed by atoms with Gasteiger partial charge in [0.15, 0.2) is 0 Å². The molecule has 0 spiro atoms. The Kier molecular flexibility index (Phi) is 4.52. The first-order valence-electron chi connectivity index (χ1n) is 4.66. The highest BCUT2D eigenvalue weighted by atomic mass is 35.5. The lowest BCUT2D eigenvalue weighted by molar-refractivity contribution is 0.623. The summed E-state index contributed by atoms with van der Waals surface area (Å²) in [4.78, 5) is 0. The van der Waals surface area contributed by atoms with E-state index in [4.69, 9.17) is 23.8 Å². The van der Waals surface area contributed by atoms with Crippen LogP contribution in [0.4, 0.5) is 0 Å². The van der Waals surface area contributed by atoms with Crippen molar-refractivity contribution in [2.45, 2.75) is 25.3 Å². The van der Waals surface area contributed by atoms with E-state index in [-0.39, 0.29) is 6.04 Å². The molecule has 1 atom stereocenters. The first kappa shape index (κ1) is 11.1. The van der Waals surface area contributed by atoms with E-state index in [1.54, 1.807) is 0 Å². The number of benzene rings is 1. The van der Waals surface area contributed by atoms with Crippen molar-refractivity contribution in [2.24, 2.45) is 5.73 Å². The van der Waals surface area contributed by atoms with Gasteiger partial charge in [-0.3, -0.25) is 0 Å². The van der Waals surface area contributed by atoms with Crippen LogP contribution in [0.3, 0.4) is 0 Å². The smallest absolute Gasteiger partial charge is 0.0406 e. The van der Waals surface area contributed by atoms with Crippen LogP contribution in [0.15, 0.2) is 24.3 Å². The molecule has 0 heterocycles. The van der Waals surface area contributed by atoms with Crippen LogP contribution in [0, 0.1) is 12.3 Å². The van der Waals surface area contributed by atoms with E-state index in [0.29, 0.717) is 0 Å². The monoisotopic (exact) mass is 207 g/mol. The van der Waals surface area contributed by atoms with E-state index < -0.39 is 0 Å². The molecule has 0 aromatic heterocycles. The Balaban J connectivity index is 2.44. The summed E-state index contributed by atoms with van der Waals surface area (Å²) in [6.45, 7) is 0. The minimum absolute atomic E-state index is 0.146. The minimum Gasteiger partial charge on any atom is -0.327 e. The van der Waals surface area contributed by atoms with Gasteiger partial charge in [-0.2, -0.15) is 0 Å². The number of terminal acetylenes is 1. The third-order valence-electron chi connectivity index (χ3n) is 2.07. The molecule has 1 nitrogen and oxygen atoms in total. The van der Waals surface area contributed by atoms with Crippen molar-refractivity contribution in [2.75, 3.05) is 0 Å². The van der Waals surface area contributed by atoms with Crippen molar-refractivity contribution >= 4 is 11.6 Å². The zero-order valence-electron chi connectivity index (χ0n) is 8.04. The molecular formula is C12H14ClN. The van der Waals surface area contributed by atoms with E-state index in [0.717, 1.165) is 24.3 Å². The molecule has 0 aliphatic carbocycles. The van der Waals surface area contributed by atoms with Crippen LogP contribution in [0.2, 0.25) is 5.02 Å². The fourth-order valence-corrected chi connectivity index (χ4v) is 1.42. The number of halogens is 1. The number of nitrogens with two attached hydrogens (primary N) is 1. The molecule has 0 saturated carbocycles. The van der Waals surface area contributed by atoms with E-state index in [2.05, 4.69) is 5.92 Å². The fraction of sp³-hybridized carbons (Fsp3) is 0.333. The molecule has 74 valence electrons. The van der Waals surface area contributed by atoms with Crippen LogP contribution in [-0.2, 0) is 6.42 Å². The van der Waals surface area contributed by atoms with Crippen LogP contribution >= 0.6 is 11.6 Å². The predicted octanol–water partition coefficient (Wildman–Crippen LogP) is 2.62. The Hall–Kier alpha value is -0.970. The van der Waals surface area contributed by atoms with Crippen LogP contribution < -0.4 is 5.73 Å². The van der Waals surface area contributed by atoms with Gasteiger partial charge in [-0.1, -0.05) is 23.7 Å². The van der Waals surface area contributed by atoms with Gasteiger partial charge in [0.05, 0.1) is 0 Å². The van der Waals surface area contributed by atoms with Gasteiger partial charge in [-0.15, -0.1) is 12.3 Å². The molecule has 0 bridgehead atoms. The number of hydrogen-bond acceptors (Lipinski definition) is 1. The number of hydrogen-bond donors (Lipinski definition) is 1. The van der Waals surface area contributed by atoms with Gasteiger partial charge in [0.2, 0.25) is 0 Å². The highest BCUT2D eigenvalue weighted by Crippen LogP contribution is 2.11. The fourth-order valence-electron chi connectivity index (χ4n) is 1.29. The third kappa shape index (κ3) is 3.83. The van der Waals surface area contributed by atoms with Gasteiger partial charge < -0.3 is 5.73 Å². The van der Waals surface area contributed by atoms with Crippen molar-refractivity contribution in [3.63, 3.8) is 0 Å². The maximum atomic E-state index is 5.90. The summed E-state index contributed by atoms with van der Waals surface area (Å²) in [7, 11) is 0. The standard InChI is InChI=1S/C12H14ClN/c1-2-3-4-12(14)9-10-5-7-11(13)8-6-10/h1,5-8,12H,3-4,9,14H2. The largest absolute Gasteiger partial charge is 0.327 e. The Morgan fingerprint density at radius 2 is 2.00 bits per heavy atom. The molecule has 0 amide bonds. The number of rotatable bonds is 4. The molecular weight excluding hydrogens is 194 g/mol. The molecule has 14 heavy (non-hydrogen) atoms. The van der Waals surface area contributed by atoms with Gasteiger partial charge in [-0.25, -0.2) is 0 Å². The lowest BCUT2D eigenvalue weighted by Crippen LogP contribution is -2.22. The van der Waals surface area contributed by atoms with Crippen molar-refractivity contribution < 1.29 is 0 Å². The summed E-state index contributed by atoms with van der Waals surface area (Å²) < 4.78 is 0. The van der Waals surface area contributed by atoms with E-state index >= 15 is 0 Å². The molecule has 1 rings (SSSR count). The van der Waals surface area contributed by atoms with Crippen molar-refractivity contribution in [1.29, 1.82) is 0 Å². The van der Waals surface area contributed by atoms with Gasteiger partial charge in [0, 0.05) is 17.5 Å². The molecule has 2 heteroatoms. The Labute approximate surface area is 90.3 Å². The summed E-state index contributed by atoms with van der Waals surface area (Å²) >= 11 is 5.77. The normalized spacial score (nSPS) is 12.1. The summed E-state index contributed by atoms with van der Waals surface area (Å²) in [6.07, 6.45) is 7.65. The minimum atomic E-state index is 0.146. The molecule has 0 radical (unpaired) electrons.